The Morgan fingerprint density at radius 3 is 2.45 bits per heavy atom. The van der Waals surface area contributed by atoms with Crippen molar-refractivity contribution in [2.24, 2.45) is 0 Å². The highest BCUT2D eigenvalue weighted by molar-refractivity contribution is 7.91. The molecule has 4 rings (SSSR count). The lowest BCUT2D eigenvalue weighted by molar-refractivity contribution is -0.131. The van der Waals surface area contributed by atoms with Crippen molar-refractivity contribution < 1.29 is 40.3 Å². The standard InChI is InChI=1S/C20H21F4N3O5S/c21-13-8-14(22)18(24)19(17(13)23)27-16(28)4-3-15(25-27)20(29)26(9-12-2-1-6-32-12)11-5-7-33(30,31)10-11/h3,8,11-12,25H,1-2,4-7,9-10H2/t11-,12-/m0/s1. The van der Waals surface area contributed by atoms with Gasteiger partial charge in [0, 0.05) is 31.7 Å². The Kier molecular flexibility index (Phi) is 6.36. The lowest BCUT2D eigenvalue weighted by Crippen LogP contribution is -2.53. The number of hydrazine groups is 1. The molecule has 0 bridgehead atoms. The maximum atomic E-state index is 14.3. The monoisotopic (exact) mass is 491 g/mol. The lowest BCUT2D eigenvalue weighted by atomic mass is 10.1. The summed E-state index contributed by atoms with van der Waals surface area (Å²) in [6.45, 7) is 0.589. The summed E-state index contributed by atoms with van der Waals surface area (Å²) in [6, 6.07) is -0.644. The minimum absolute atomic E-state index is 0.00829. The van der Waals surface area contributed by atoms with E-state index in [4.69, 9.17) is 4.74 Å². The molecule has 0 saturated carbocycles. The van der Waals surface area contributed by atoms with Crippen LogP contribution in [-0.2, 0) is 24.2 Å². The van der Waals surface area contributed by atoms with Crippen molar-refractivity contribution in [2.45, 2.75) is 37.8 Å². The second-order valence-corrected chi connectivity index (χ2v) is 10.4. The van der Waals surface area contributed by atoms with Crippen LogP contribution in [-0.4, -0.2) is 61.9 Å². The summed E-state index contributed by atoms with van der Waals surface area (Å²) in [5, 5.41) is 0.250. The van der Waals surface area contributed by atoms with Crippen molar-refractivity contribution in [2.75, 3.05) is 29.7 Å². The zero-order valence-electron chi connectivity index (χ0n) is 17.3. The molecule has 1 aromatic carbocycles. The van der Waals surface area contributed by atoms with Gasteiger partial charge in [0.2, 0.25) is 5.91 Å². The second-order valence-electron chi connectivity index (χ2n) is 8.13. The Hall–Kier alpha value is -2.67. The molecule has 2 atom stereocenters. The van der Waals surface area contributed by atoms with Crippen LogP contribution in [0.15, 0.2) is 17.8 Å². The molecule has 13 heteroatoms. The predicted octanol–water partition coefficient (Wildman–Crippen LogP) is 1.56. The first-order chi connectivity index (χ1) is 15.6. The van der Waals surface area contributed by atoms with E-state index in [9.17, 15) is 35.6 Å². The number of amides is 2. The molecule has 8 nitrogen and oxygen atoms in total. The minimum Gasteiger partial charge on any atom is -0.376 e. The Balaban J connectivity index is 1.63. The number of benzene rings is 1. The summed E-state index contributed by atoms with van der Waals surface area (Å²) in [6.07, 6.45) is 2.03. The maximum absolute atomic E-state index is 14.3. The van der Waals surface area contributed by atoms with Gasteiger partial charge in [0.25, 0.3) is 5.91 Å². The van der Waals surface area contributed by atoms with Gasteiger partial charge in [-0.05, 0) is 25.3 Å². The Morgan fingerprint density at radius 2 is 1.88 bits per heavy atom. The molecule has 2 amide bonds. The van der Waals surface area contributed by atoms with Crippen molar-refractivity contribution >= 4 is 27.3 Å². The van der Waals surface area contributed by atoms with Crippen molar-refractivity contribution in [3.8, 4) is 0 Å². The van der Waals surface area contributed by atoms with E-state index in [2.05, 4.69) is 5.43 Å². The fraction of sp³-hybridized carbons (Fsp3) is 0.500. The number of hydrogen-bond donors (Lipinski definition) is 1. The van der Waals surface area contributed by atoms with Crippen LogP contribution in [0.3, 0.4) is 0 Å². The van der Waals surface area contributed by atoms with Gasteiger partial charge in [-0.1, -0.05) is 0 Å². The number of nitrogens with one attached hydrogen (secondary N) is 1. The number of halogens is 4. The molecule has 0 aromatic heterocycles. The van der Waals surface area contributed by atoms with Gasteiger partial charge in [0.15, 0.2) is 33.1 Å². The van der Waals surface area contributed by atoms with E-state index in [1.807, 2.05) is 0 Å². The van der Waals surface area contributed by atoms with Crippen molar-refractivity contribution in [1.29, 1.82) is 0 Å². The van der Waals surface area contributed by atoms with Crippen LogP contribution in [0.5, 0.6) is 0 Å². The zero-order valence-corrected chi connectivity index (χ0v) is 18.1. The fourth-order valence-electron chi connectivity index (χ4n) is 4.16. The summed E-state index contributed by atoms with van der Waals surface area (Å²) in [5.74, 6) is -9.05. The van der Waals surface area contributed by atoms with Gasteiger partial charge in [0.1, 0.15) is 11.4 Å². The summed E-state index contributed by atoms with van der Waals surface area (Å²) in [5.41, 5.74) is 0.663. The van der Waals surface area contributed by atoms with E-state index in [1.165, 1.54) is 11.0 Å². The van der Waals surface area contributed by atoms with Crippen LogP contribution in [0, 0.1) is 23.3 Å². The summed E-state index contributed by atoms with van der Waals surface area (Å²) >= 11 is 0. The third-order valence-electron chi connectivity index (χ3n) is 5.84. The molecule has 0 aliphatic carbocycles. The molecule has 2 saturated heterocycles. The van der Waals surface area contributed by atoms with Crippen LogP contribution in [0.2, 0.25) is 0 Å². The first-order valence-corrected chi connectivity index (χ1v) is 12.2. The highest BCUT2D eigenvalue weighted by atomic mass is 32.2. The molecule has 2 fully saturated rings. The average Bonchev–Trinajstić information content (AvgIpc) is 3.40. The number of ether oxygens (including phenoxy) is 1. The van der Waals surface area contributed by atoms with Gasteiger partial charge in [-0.3, -0.25) is 15.0 Å². The molecular weight excluding hydrogens is 470 g/mol. The average molecular weight is 491 g/mol. The first-order valence-electron chi connectivity index (χ1n) is 10.3. The third kappa shape index (κ3) is 4.69. The van der Waals surface area contributed by atoms with Crippen LogP contribution < -0.4 is 10.4 Å². The summed E-state index contributed by atoms with van der Waals surface area (Å²) < 4.78 is 85.5. The van der Waals surface area contributed by atoms with Crippen LogP contribution in [0.4, 0.5) is 23.2 Å². The molecule has 0 spiro atoms. The highest BCUT2D eigenvalue weighted by Gasteiger charge is 2.39. The summed E-state index contributed by atoms with van der Waals surface area (Å²) in [4.78, 5) is 27.0. The number of carbonyl (C=O) groups is 2. The number of rotatable bonds is 5. The Morgan fingerprint density at radius 1 is 1.18 bits per heavy atom. The zero-order chi connectivity index (χ0) is 23.9. The number of anilines is 1. The number of sulfone groups is 1. The fourth-order valence-corrected chi connectivity index (χ4v) is 5.89. The molecule has 1 aromatic rings. The Labute approximate surface area is 187 Å². The van der Waals surface area contributed by atoms with Crippen molar-refractivity contribution in [3.05, 3.63) is 41.1 Å². The number of nitrogens with zero attached hydrogens (tertiary/aromatic N) is 2. The van der Waals surface area contributed by atoms with Gasteiger partial charge in [-0.25, -0.2) is 31.0 Å². The molecule has 33 heavy (non-hydrogen) atoms. The number of hydrogen-bond acceptors (Lipinski definition) is 6. The van der Waals surface area contributed by atoms with Crippen LogP contribution in [0.1, 0.15) is 25.7 Å². The first kappa shape index (κ1) is 23.5. The SMILES string of the molecule is O=C1CC=C(C(=O)N(C[C@@H]2CCCO2)[C@H]2CCS(=O)(=O)C2)NN1c1c(F)c(F)cc(F)c1F. The molecular formula is C20H21F4N3O5S. The van der Waals surface area contributed by atoms with Crippen LogP contribution in [0.25, 0.3) is 0 Å². The molecule has 1 N–H and O–H groups in total. The smallest absolute Gasteiger partial charge is 0.271 e. The molecule has 3 heterocycles. The van der Waals surface area contributed by atoms with E-state index in [-0.39, 0.29) is 47.3 Å². The predicted molar refractivity (Wildman–Crippen MR) is 107 cm³/mol. The van der Waals surface area contributed by atoms with E-state index < -0.39 is 63.1 Å². The van der Waals surface area contributed by atoms with E-state index in [1.54, 1.807) is 0 Å². The normalized spacial score (nSPS) is 24.5. The van der Waals surface area contributed by atoms with Gasteiger partial charge in [-0.15, -0.1) is 0 Å². The van der Waals surface area contributed by atoms with E-state index >= 15 is 0 Å². The molecule has 3 aliphatic rings. The largest absolute Gasteiger partial charge is 0.376 e. The lowest BCUT2D eigenvalue weighted by Gasteiger charge is -2.34. The molecule has 0 radical (unpaired) electrons. The van der Waals surface area contributed by atoms with Gasteiger partial charge in [-0.2, -0.15) is 0 Å². The van der Waals surface area contributed by atoms with Crippen LogP contribution >= 0.6 is 0 Å². The molecule has 3 aliphatic heterocycles. The van der Waals surface area contributed by atoms with E-state index in [0.29, 0.717) is 13.0 Å². The highest BCUT2D eigenvalue weighted by Crippen LogP contribution is 2.30. The Bertz CT molecular complexity index is 1090. The molecule has 180 valence electrons. The maximum Gasteiger partial charge on any atom is 0.271 e. The number of carbonyl (C=O) groups excluding carboxylic acids is 2. The summed E-state index contributed by atoms with van der Waals surface area (Å²) in [7, 11) is -3.34. The van der Waals surface area contributed by atoms with Gasteiger partial charge < -0.3 is 9.64 Å². The topological polar surface area (TPSA) is 96.0 Å². The van der Waals surface area contributed by atoms with Crippen molar-refractivity contribution in [1.82, 2.24) is 10.3 Å². The minimum atomic E-state index is -3.34. The van der Waals surface area contributed by atoms with Gasteiger partial charge >= 0.3 is 0 Å². The third-order valence-corrected chi connectivity index (χ3v) is 7.59. The molecule has 0 unspecified atom stereocenters. The van der Waals surface area contributed by atoms with E-state index in [0.717, 1.165) is 6.42 Å². The van der Waals surface area contributed by atoms with Gasteiger partial charge in [0.05, 0.1) is 17.6 Å². The van der Waals surface area contributed by atoms with Crippen molar-refractivity contribution in [3.63, 3.8) is 0 Å². The second kappa shape index (κ2) is 8.93. The quantitative estimate of drug-likeness (QED) is 0.496.